The lowest BCUT2D eigenvalue weighted by molar-refractivity contribution is -0.218. The molecular weight excluding hydrogens is 541 g/mol. The fourth-order valence-electron chi connectivity index (χ4n) is 4.62. The third-order valence-corrected chi connectivity index (χ3v) is 7.17. The van der Waals surface area contributed by atoms with Crippen molar-refractivity contribution in [1.29, 1.82) is 0 Å². The van der Waals surface area contributed by atoms with Gasteiger partial charge in [-0.05, 0) is 36.8 Å². The van der Waals surface area contributed by atoms with Gasteiger partial charge in [0.2, 0.25) is 6.10 Å². The maximum absolute atomic E-state index is 13.2. The van der Waals surface area contributed by atoms with Gasteiger partial charge in [0.15, 0.2) is 0 Å². The molecule has 0 aliphatic heterocycles. The summed E-state index contributed by atoms with van der Waals surface area (Å²) < 4.78 is 79.6. The van der Waals surface area contributed by atoms with Crippen LogP contribution >= 0.6 is 0 Å². The van der Waals surface area contributed by atoms with Crippen LogP contribution < -0.4 is 0 Å². The first-order chi connectivity index (χ1) is 18.1. The molecule has 0 aromatic heterocycles. The second-order valence-electron chi connectivity index (χ2n) is 8.88. The summed E-state index contributed by atoms with van der Waals surface area (Å²) in [6, 6.07) is 0. The summed E-state index contributed by atoms with van der Waals surface area (Å²) in [5.41, 5.74) is 0.210. The Morgan fingerprint density at radius 2 is 1.33 bits per heavy atom. The van der Waals surface area contributed by atoms with E-state index in [9.17, 15) is 41.1 Å². The summed E-state index contributed by atoms with van der Waals surface area (Å²) >= 11 is 0. The Labute approximate surface area is 229 Å². The lowest BCUT2D eigenvalue weighted by Crippen LogP contribution is -2.41. The molecule has 17 heteroatoms. The van der Waals surface area contributed by atoms with Crippen LogP contribution in [0.4, 0.5) is 13.2 Å². The molecule has 1 atom stereocenters. The number of ether oxygens (including phenoxy) is 2. The van der Waals surface area contributed by atoms with Gasteiger partial charge in [-0.15, -0.1) is 0 Å². The summed E-state index contributed by atoms with van der Waals surface area (Å²) in [6.07, 6.45) is -10.00. The number of carboxylic acid groups (broad SMARTS) is 1. The zero-order chi connectivity index (χ0) is 29.7. The van der Waals surface area contributed by atoms with Gasteiger partial charge in [0, 0.05) is 0 Å². The van der Waals surface area contributed by atoms with Crippen molar-refractivity contribution >= 4 is 59.4 Å². The van der Waals surface area contributed by atoms with Crippen LogP contribution in [0.3, 0.4) is 0 Å². The predicted octanol–water partition coefficient (Wildman–Crippen LogP) is 1.14. The van der Waals surface area contributed by atoms with E-state index in [4.69, 9.17) is 40.7 Å². The summed E-state index contributed by atoms with van der Waals surface area (Å²) in [6.45, 7) is 0. The average Bonchev–Trinajstić information content (AvgIpc) is 2.85. The van der Waals surface area contributed by atoms with Crippen molar-refractivity contribution in [2.75, 3.05) is 5.75 Å². The van der Waals surface area contributed by atoms with Crippen molar-refractivity contribution in [3.63, 3.8) is 0 Å². The minimum atomic E-state index is -5.23. The number of rotatable bonds is 11. The van der Waals surface area contributed by atoms with E-state index in [0.717, 1.165) is 0 Å². The topological polar surface area (TPSA) is 144 Å². The van der Waals surface area contributed by atoms with Crippen molar-refractivity contribution in [1.82, 2.24) is 0 Å². The van der Waals surface area contributed by atoms with Gasteiger partial charge in [-0.25, -0.2) is 9.59 Å². The minimum Gasteiger partial charge on any atom is -0.478 e. The van der Waals surface area contributed by atoms with Crippen LogP contribution in [0.25, 0.3) is 0 Å². The normalized spacial score (nSPS) is 18.8. The number of halogens is 3. The number of aromatic carboxylic acids is 1. The van der Waals surface area contributed by atoms with E-state index >= 15 is 0 Å². The van der Waals surface area contributed by atoms with Crippen LogP contribution in [0.1, 0.15) is 68.7 Å². The van der Waals surface area contributed by atoms with E-state index in [0.29, 0.717) is 11.1 Å². The van der Waals surface area contributed by atoms with Crippen molar-refractivity contribution in [2.45, 2.75) is 69.3 Å². The van der Waals surface area contributed by atoms with Gasteiger partial charge in [-0.2, -0.15) is 21.6 Å². The number of hydrogen-bond donors (Lipinski definition) is 2. The fraction of sp³-hybridized carbons (Fsp3) is 0.591. The van der Waals surface area contributed by atoms with Crippen LogP contribution in [0.2, 0.25) is 0 Å². The van der Waals surface area contributed by atoms with Crippen LogP contribution in [0.5, 0.6) is 0 Å². The van der Waals surface area contributed by atoms with Gasteiger partial charge in [0.25, 0.3) is 10.1 Å². The molecular formula is C22H23B4F3O9S. The smallest absolute Gasteiger partial charge is 0.426 e. The minimum absolute atomic E-state index is 0.00916. The highest BCUT2D eigenvalue weighted by Gasteiger charge is 2.46. The lowest BCUT2D eigenvalue weighted by atomic mass is 9.72. The number of esters is 2. The van der Waals surface area contributed by atoms with Crippen LogP contribution in [0.15, 0.2) is 0 Å². The standard InChI is InChI=1S/C22H23B4F3O9S/c23-5-12-13(6-24)15(8-26)18(17(19(30)31)14(12)7-25)21(33)37-11-3-1-10(2-4-11)20(32)38-16(22(27,28)29)9-39(34,35)36/h10-11,16H,1-9H2,(H,30,31)(H,34,35,36). The largest absolute Gasteiger partial charge is 0.478 e. The lowest BCUT2D eigenvalue weighted by Gasteiger charge is -2.29. The SMILES string of the molecule is [B]Cc1c(C[B])c(C[B])c(C(=O)OC2CCC(C(=O)OC(CS(=O)(=O)O)C(F)(F)F)CC2)c(C(=O)O)c1C[B]. The predicted molar refractivity (Wildman–Crippen MR) is 135 cm³/mol. The van der Waals surface area contributed by atoms with E-state index in [1.54, 1.807) is 0 Å². The van der Waals surface area contributed by atoms with E-state index in [1.807, 2.05) is 0 Å². The molecule has 0 amide bonds. The molecule has 2 N–H and O–H groups in total. The van der Waals surface area contributed by atoms with Crippen LogP contribution in [-0.2, 0) is 49.7 Å². The first-order valence-electron chi connectivity index (χ1n) is 11.8. The van der Waals surface area contributed by atoms with E-state index < -0.39 is 63.6 Å². The Kier molecular flexibility index (Phi) is 11.2. The number of carboxylic acids is 1. The molecule has 0 heterocycles. The first-order valence-corrected chi connectivity index (χ1v) is 13.4. The average molecular weight is 564 g/mol. The quantitative estimate of drug-likeness (QED) is 0.230. The molecule has 1 aromatic carbocycles. The molecule has 39 heavy (non-hydrogen) atoms. The number of carbonyl (C=O) groups is 3. The molecule has 1 aromatic rings. The van der Waals surface area contributed by atoms with Crippen molar-refractivity contribution in [2.24, 2.45) is 5.92 Å². The fourth-order valence-corrected chi connectivity index (χ4v) is 5.26. The summed E-state index contributed by atoms with van der Waals surface area (Å²) in [5.74, 6) is -6.72. The molecule has 1 saturated carbocycles. The molecule has 0 bridgehead atoms. The summed E-state index contributed by atoms with van der Waals surface area (Å²) in [7, 11) is 18.1. The van der Waals surface area contributed by atoms with Gasteiger partial charge in [0.1, 0.15) is 11.9 Å². The Morgan fingerprint density at radius 1 is 0.872 bits per heavy atom. The van der Waals surface area contributed by atoms with E-state index in [1.165, 1.54) is 0 Å². The van der Waals surface area contributed by atoms with Gasteiger partial charge < -0.3 is 14.6 Å². The van der Waals surface area contributed by atoms with Crippen LogP contribution in [0, 0.1) is 5.92 Å². The molecule has 2 rings (SSSR count). The first kappa shape index (κ1) is 32.8. The molecule has 9 nitrogen and oxygen atoms in total. The van der Waals surface area contributed by atoms with Gasteiger partial charge >= 0.3 is 24.1 Å². The molecule has 1 unspecified atom stereocenters. The van der Waals surface area contributed by atoms with E-state index in [2.05, 4.69) is 4.74 Å². The molecule has 8 radical (unpaired) electrons. The molecule has 0 saturated heterocycles. The zero-order valence-electron chi connectivity index (χ0n) is 20.7. The molecule has 1 aliphatic carbocycles. The highest BCUT2D eigenvalue weighted by molar-refractivity contribution is 7.85. The Balaban J connectivity index is 2.23. The molecule has 1 aliphatic rings. The maximum Gasteiger partial charge on any atom is 0.426 e. The van der Waals surface area contributed by atoms with Crippen molar-refractivity contribution in [3.05, 3.63) is 33.4 Å². The maximum atomic E-state index is 13.2. The second-order valence-corrected chi connectivity index (χ2v) is 10.4. The Morgan fingerprint density at radius 3 is 1.72 bits per heavy atom. The monoisotopic (exact) mass is 564 g/mol. The Bertz CT molecular complexity index is 1200. The summed E-state index contributed by atoms with van der Waals surface area (Å²) in [4.78, 5) is 37.6. The zero-order valence-corrected chi connectivity index (χ0v) is 21.5. The number of carbonyl (C=O) groups excluding carboxylic acids is 2. The third-order valence-electron chi connectivity index (χ3n) is 6.45. The molecule has 0 spiro atoms. The number of alkyl halides is 3. The van der Waals surface area contributed by atoms with Crippen LogP contribution in [-0.4, -0.2) is 91.5 Å². The second kappa shape index (κ2) is 13.3. The van der Waals surface area contributed by atoms with Gasteiger partial charge in [0.05, 0.1) is 48.4 Å². The summed E-state index contributed by atoms with van der Waals surface area (Å²) in [5, 5.41) is 9.87. The van der Waals surface area contributed by atoms with Crippen molar-refractivity contribution < 1.29 is 55.1 Å². The van der Waals surface area contributed by atoms with E-state index in [-0.39, 0.29) is 67.7 Å². The highest BCUT2D eigenvalue weighted by Crippen LogP contribution is 2.34. The molecule has 204 valence electrons. The number of hydrogen-bond acceptors (Lipinski definition) is 7. The Hall–Kier alpha value is -2.41. The van der Waals surface area contributed by atoms with Crippen molar-refractivity contribution in [3.8, 4) is 0 Å². The highest BCUT2D eigenvalue weighted by atomic mass is 32.2. The van der Waals surface area contributed by atoms with Gasteiger partial charge in [-0.3, -0.25) is 9.35 Å². The molecule has 1 fully saturated rings. The third kappa shape index (κ3) is 8.06. The number of benzene rings is 1. The van der Waals surface area contributed by atoms with Gasteiger partial charge in [-0.1, -0.05) is 36.4 Å².